The van der Waals surface area contributed by atoms with Crippen LogP contribution in [0.25, 0.3) is 0 Å². The second-order valence-corrected chi connectivity index (χ2v) is 6.41. The summed E-state index contributed by atoms with van der Waals surface area (Å²) in [5, 5.41) is 0. The largest absolute Gasteiger partial charge is 0.298 e. The molecule has 0 amide bonds. The standard InChI is InChI=1S/C14H26N2/c1-11(2)15-5-7-16(8-6-15)14-10-12-3-4-13(14)9-12/h11-14H,3-10H2,1-2H3/t12-,13+,14-/m1/s1. The van der Waals surface area contributed by atoms with E-state index in [0.29, 0.717) is 0 Å². The van der Waals surface area contributed by atoms with E-state index in [-0.39, 0.29) is 0 Å². The Morgan fingerprint density at radius 1 is 0.938 bits per heavy atom. The van der Waals surface area contributed by atoms with Crippen molar-refractivity contribution >= 4 is 0 Å². The smallest absolute Gasteiger partial charge is 0.0127 e. The lowest BCUT2D eigenvalue weighted by Crippen LogP contribution is -2.53. The highest BCUT2D eigenvalue weighted by atomic mass is 15.3. The van der Waals surface area contributed by atoms with Crippen LogP contribution in [0.3, 0.4) is 0 Å². The highest BCUT2D eigenvalue weighted by molar-refractivity contribution is 4.96. The lowest BCUT2D eigenvalue weighted by molar-refractivity contribution is 0.0577. The molecule has 0 aromatic rings. The van der Waals surface area contributed by atoms with Crippen molar-refractivity contribution in [2.24, 2.45) is 11.8 Å². The first-order valence-electron chi connectivity index (χ1n) is 7.22. The van der Waals surface area contributed by atoms with Crippen LogP contribution in [0.1, 0.15) is 39.5 Å². The molecule has 0 N–H and O–H groups in total. The Hall–Kier alpha value is -0.0800. The van der Waals surface area contributed by atoms with Crippen molar-refractivity contribution in [3.63, 3.8) is 0 Å². The van der Waals surface area contributed by atoms with Gasteiger partial charge in [-0.3, -0.25) is 9.80 Å². The normalized spacial score (nSPS) is 41.1. The fourth-order valence-corrected chi connectivity index (χ4v) is 4.24. The van der Waals surface area contributed by atoms with Gasteiger partial charge in [-0.05, 0) is 44.9 Å². The Labute approximate surface area is 100.0 Å². The number of piperazine rings is 1. The maximum atomic E-state index is 2.81. The zero-order valence-corrected chi connectivity index (χ0v) is 10.9. The van der Waals surface area contributed by atoms with Gasteiger partial charge in [-0.15, -0.1) is 0 Å². The summed E-state index contributed by atoms with van der Waals surface area (Å²) in [6.07, 6.45) is 6.13. The molecule has 0 aromatic heterocycles. The minimum atomic E-state index is 0.738. The van der Waals surface area contributed by atoms with E-state index in [1.54, 1.807) is 6.42 Å². The first kappa shape index (κ1) is 11.0. The van der Waals surface area contributed by atoms with Crippen LogP contribution in [-0.2, 0) is 0 Å². The maximum Gasteiger partial charge on any atom is 0.0127 e. The average Bonchev–Trinajstić information content (AvgIpc) is 2.91. The lowest BCUT2D eigenvalue weighted by Gasteiger charge is -2.42. The molecule has 0 radical (unpaired) electrons. The molecule has 16 heavy (non-hydrogen) atoms. The monoisotopic (exact) mass is 222 g/mol. The molecule has 92 valence electrons. The molecule has 1 heterocycles. The minimum Gasteiger partial charge on any atom is -0.298 e. The number of rotatable bonds is 2. The molecular weight excluding hydrogens is 196 g/mol. The fraction of sp³-hybridized carbons (Fsp3) is 1.00. The van der Waals surface area contributed by atoms with Gasteiger partial charge < -0.3 is 0 Å². The summed E-state index contributed by atoms with van der Waals surface area (Å²) in [5.74, 6) is 2.16. The van der Waals surface area contributed by atoms with Crippen molar-refractivity contribution in [2.45, 2.75) is 51.6 Å². The van der Waals surface area contributed by atoms with E-state index >= 15 is 0 Å². The van der Waals surface area contributed by atoms with Crippen molar-refractivity contribution in [1.29, 1.82) is 0 Å². The Morgan fingerprint density at radius 2 is 1.69 bits per heavy atom. The molecular formula is C14H26N2. The van der Waals surface area contributed by atoms with Crippen LogP contribution in [-0.4, -0.2) is 48.1 Å². The van der Waals surface area contributed by atoms with Crippen molar-refractivity contribution in [1.82, 2.24) is 9.80 Å². The first-order chi connectivity index (χ1) is 7.74. The highest BCUT2D eigenvalue weighted by Gasteiger charge is 2.42. The summed E-state index contributed by atoms with van der Waals surface area (Å²) < 4.78 is 0. The Bertz CT molecular complexity index is 243. The summed E-state index contributed by atoms with van der Waals surface area (Å²) >= 11 is 0. The third kappa shape index (κ3) is 1.91. The molecule has 3 rings (SSSR count). The summed E-state index contributed by atoms with van der Waals surface area (Å²) in [6.45, 7) is 9.90. The summed E-state index contributed by atoms with van der Waals surface area (Å²) in [7, 11) is 0. The van der Waals surface area contributed by atoms with Gasteiger partial charge in [0, 0.05) is 38.3 Å². The zero-order chi connectivity index (χ0) is 11.1. The molecule has 0 unspecified atom stereocenters. The van der Waals surface area contributed by atoms with E-state index in [1.807, 2.05) is 0 Å². The van der Waals surface area contributed by atoms with E-state index in [1.165, 1.54) is 45.4 Å². The number of fused-ring (bicyclic) bond motifs is 2. The van der Waals surface area contributed by atoms with Crippen LogP contribution in [0, 0.1) is 11.8 Å². The van der Waals surface area contributed by atoms with Gasteiger partial charge in [0.1, 0.15) is 0 Å². The zero-order valence-electron chi connectivity index (χ0n) is 10.9. The van der Waals surface area contributed by atoms with Gasteiger partial charge in [-0.1, -0.05) is 6.42 Å². The number of hydrogen-bond donors (Lipinski definition) is 0. The maximum absolute atomic E-state index is 2.81. The predicted molar refractivity (Wildman–Crippen MR) is 67.5 cm³/mol. The molecule has 2 bridgehead atoms. The quantitative estimate of drug-likeness (QED) is 0.707. The number of nitrogens with zero attached hydrogens (tertiary/aromatic N) is 2. The molecule has 3 fully saturated rings. The van der Waals surface area contributed by atoms with Crippen molar-refractivity contribution in [3.05, 3.63) is 0 Å². The molecule has 3 atom stereocenters. The highest BCUT2D eigenvalue weighted by Crippen LogP contribution is 2.46. The van der Waals surface area contributed by atoms with Crippen molar-refractivity contribution < 1.29 is 0 Å². The van der Waals surface area contributed by atoms with Gasteiger partial charge >= 0.3 is 0 Å². The molecule has 0 aromatic carbocycles. The summed E-state index contributed by atoms with van der Waals surface area (Å²) in [6, 6.07) is 1.70. The van der Waals surface area contributed by atoms with Crippen LogP contribution < -0.4 is 0 Å². The number of hydrogen-bond acceptors (Lipinski definition) is 2. The molecule has 2 saturated carbocycles. The topological polar surface area (TPSA) is 6.48 Å². The van der Waals surface area contributed by atoms with Crippen molar-refractivity contribution in [2.75, 3.05) is 26.2 Å². The van der Waals surface area contributed by atoms with Crippen LogP contribution >= 0.6 is 0 Å². The molecule has 2 heteroatoms. The summed E-state index contributed by atoms with van der Waals surface area (Å²) in [5.41, 5.74) is 0. The van der Waals surface area contributed by atoms with E-state index in [0.717, 1.165) is 23.9 Å². The van der Waals surface area contributed by atoms with E-state index < -0.39 is 0 Å². The predicted octanol–water partition coefficient (Wildman–Crippen LogP) is 2.20. The third-order valence-corrected chi connectivity index (χ3v) is 5.25. The van der Waals surface area contributed by atoms with Gasteiger partial charge in [0.2, 0.25) is 0 Å². The molecule has 1 saturated heterocycles. The Balaban J connectivity index is 1.54. The van der Waals surface area contributed by atoms with Crippen molar-refractivity contribution in [3.8, 4) is 0 Å². The van der Waals surface area contributed by atoms with Gasteiger partial charge in [0.25, 0.3) is 0 Å². The van der Waals surface area contributed by atoms with Gasteiger partial charge in [-0.2, -0.15) is 0 Å². The van der Waals surface area contributed by atoms with E-state index in [9.17, 15) is 0 Å². The average molecular weight is 222 g/mol. The molecule has 2 nitrogen and oxygen atoms in total. The lowest BCUT2D eigenvalue weighted by atomic mass is 9.93. The molecule has 2 aliphatic carbocycles. The van der Waals surface area contributed by atoms with Gasteiger partial charge in [-0.25, -0.2) is 0 Å². The SMILES string of the molecule is CC(C)N1CCN([C@@H]2C[C@@H]3CC[C@H]2C3)CC1. The second kappa shape index (κ2) is 4.30. The fourth-order valence-electron chi connectivity index (χ4n) is 4.24. The van der Waals surface area contributed by atoms with Crippen LogP contribution in [0.15, 0.2) is 0 Å². The van der Waals surface area contributed by atoms with Crippen LogP contribution in [0.5, 0.6) is 0 Å². The van der Waals surface area contributed by atoms with Gasteiger partial charge in [0.15, 0.2) is 0 Å². The van der Waals surface area contributed by atoms with E-state index in [4.69, 9.17) is 0 Å². The van der Waals surface area contributed by atoms with Gasteiger partial charge in [0.05, 0.1) is 0 Å². The molecule has 1 aliphatic heterocycles. The molecule has 0 spiro atoms. The summed E-state index contributed by atoms with van der Waals surface area (Å²) in [4.78, 5) is 5.44. The third-order valence-electron chi connectivity index (χ3n) is 5.25. The second-order valence-electron chi connectivity index (χ2n) is 6.41. The van der Waals surface area contributed by atoms with E-state index in [2.05, 4.69) is 23.6 Å². The Morgan fingerprint density at radius 3 is 2.19 bits per heavy atom. The first-order valence-corrected chi connectivity index (χ1v) is 7.22. The Kier molecular flexibility index (Phi) is 2.97. The molecule has 3 aliphatic rings. The minimum absolute atomic E-state index is 0.738. The van der Waals surface area contributed by atoms with Crippen LogP contribution in [0.2, 0.25) is 0 Å². The van der Waals surface area contributed by atoms with Crippen LogP contribution in [0.4, 0.5) is 0 Å².